The monoisotopic (exact) mass is 389 g/mol. The molecule has 2 aromatic rings. The molecule has 1 N–H and O–H groups in total. The van der Waals surface area contributed by atoms with E-state index >= 15 is 0 Å². The molecule has 0 bridgehead atoms. The van der Waals surface area contributed by atoms with E-state index in [1.807, 2.05) is 13.0 Å². The molecule has 0 amide bonds. The van der Waals surface area contributed by atoms with Crippen LogP contribution in [0.25, 0.3) is 0 Å². The van der Waals surface area contributed by atoms with Gasteiger partial charge >= 0.3 is 0 Å². The molecule has 0 aliphatic carbocycles. The number of hydrogen-bond donors (Lipinski definition) is 1. The van der Waals surface area contributed by atoms with Gasteiger partial charge in [0.1, 0.15) is 5.82 Å². The molecule has 3 rings (SSSR count). The van der Waals surface area contributed by atoms with E-state index in [1.54, 1.807) is 0 Å². The minimum Gasteiger partial charge on any atom is -0.354 e. The van der Waals surface area contributed by atoms with Crippen LogP contribution in [0.1, 0.15) is 18.2 Å². The largest absolute Gasteiger partial charge is 0.354 e. The number of likely N-dealkylation sites (N-methyl/N-ethyl adjacent to an activating group) is 1. The smallest absolute Gasteiger partial charge is 0.229 e. The molecule has 1 fully saturated rings. The quantitative estimate of drug-likeness (QED) is 0.862. The number of anilines is 3. The molecule has 0 radical (unpaired) electrons. The van der Waals surface area contributed by atoms with Crippen LogP contribution in [-0.2, 0) is 0 Å². The first-order valence-electron chi connectivity index (χ1n) is 8.41. The van der Waals surface area contributed by atoms with Gasteiger partial charge in [0.15, 0.2) is 0 Å². The van der Waals surface area contributed by atoms with Gasteiger partial charge < -0.3 is 15.1 Å². The number of halogens is 1. The maximum absolute atomic E-state index is 4.73. The summed E-state index contributed by atoms with van der Waals surface area (Å²) in [5.74, 6) is 1.66. The number of benzene rings is 1. The Labute approximate surface area is 152 Å². The Morgan fingerprint density at radius 2 is 1.83 bits per heavy atom. The second-order valence-corrected chi connectivity index (χ2v) is 7.06. The summed E-state index contributed by atoms with van der Waals surface area (Å²) in [6.45, 7) is 11.6. The summed E-state index contributed by atoms with van der Waals surface area (Å²) in [4.78, 5) is 14.1. The Kier molecular flexibility index (Phi) is 5.36. The van der Waals surface area contributed by atoms with Gasteiger partial charge in [-0.15, -0.1) is 0 Å². The van der Waals surface area contributed by atoms with Crippen molar-refractivity contribution in [1.29, 1.82) is 0 Å². The molecule has 0 unspecified atom stereocenters. The van der Waals surface area contributed by atoms with Crippen molar-refractivity contribution in [3.05, 3.63) is 40.0 Å². The third-order valence-corrected chi connectivity index (χ3v) is 5.27. The van der Waals surface area contributed by atoms with E-state index in [-0.39, 0.29) is 0 Å². The van der Waals surface area contributed by atoms with Crippen molar-refractivity contribution in [2.75, 3.05) is 42.9 Å². The Morgan fingerprint density at radius 3 is 2.50 bits per heavy atom. The van der Waals surface area contributed by atoms with Gasteiger partial charge in [0, 0.05) is 48.1 Å². The predicted molar refractivity (Wildman–Crippen MR) is 103 cm³/mol. The molecule has 1 aromatic heterocycles. The van der Waals surface area contributed by atoms with Crippen molar-refractivity contribution < 1.29 is 0 Å². The fraction of sp³-hybridized carbons (Fsp3) is 0.444. The summed E-state index contributed by atoms with van der Waals surface area (Å²) in [5, 5.41) is 3.32. The van der Waals surface area contributed by atoms with Gasteiger partial charge in [-0.1, -0.05) is 28.9 Å². The van der Waals surface area contributed by atoms with Crippen LogP contribution < -0.4 is 10.2 Å². The molecule has 24 heavy (non-hydrogen) atoms. The lowest BCUT2D eigenvalue weighted by Gasteiger charge is -2.34. The molecule has 1 aliphatic heterocycles. The van der Waals surface area contributed by atoms with Crippen molar-refractivity contribution in [3.63, 3.8) is 0 Å². The molecule has 2 heterocycles. The molecule has 1 aliphatic rings. The highest BCUT2D eigenvalue weighted by atomic mass is 79.9. The fourth-order valence-corrected chi connectivity index (χ4v) is 3.24. The summed E-state index contributed by atoms with van der Waals surface area (Å²) in [6, 6.07) is 8.25. The predicted octanol–water partition coefficient (Wildman–Crippen LogP) is 3.74. The van der Waals surface area contributed by atoms with Crippen LogP contribution in [0, 0.1) is 13.8 Å². The highest BCUT2D eigenvalue weighted by Gasteiger charge is 2.17. The Hall–Kier alpha value is -1.66. The average molecular weight is 390 g/mol. The lowest BCUT2D eigenvalue weighted by atomic mass is 10.2. The first kappa shape index (κ1) is 17.2. The minimum absolute atomic E-state index is 0.652. The molecule has 1 saturated heterocycles. The molecule has 0 spiro atoms. The second-order valence-electron chi connectivity index (χ2n) is 6.20. The number of aromatic nitrogens is 2. The van der Waals surface area contributed by atoms with Gasteiger partial charge in [-0.2, -0.15) is 4.98 Å². The van der Waals surface area contributed by atoms with Crippen LogP contribution in [-0.4, -0.2) is 47.6 Å². The second kappa shape index (κ2) is 7.49. The van der Waals surface area contributed by atoms with Crippen molar-refractivity contribution >= 4 is 33.4 Å². The summed E-state index contributed by atoms with van der Waals surface area (Å²) in [7, 11) is 0. The van der Waals surface area contributed by atoms with Gasteiger partial charge in [0.2, 0.25) is 5.95 Å². The molecular formula is C18H24BrN5. The summed E-state index contributed by atoms with van der Waals surface area (Å²) < 4.78 is 1.08. The highest BCUT2D eigenvalue weighted by Crippen LogP contribution is 2.24. The van der Waals surface area contributed by atoms with Crippen LogP contribution in [0.4, 0.5) is 17.5 Å². The third-order valence-electron chi connectivity index (χ3n) is 4.41. The number of piperazine rings is 1. The normalized spacial score (nSPS) is 15.6. The van der Waals surface area contributed by atoms with Crippen molar-refractivity contribution in [2.24, 2.45) is 0 Å². The van der Waals surface area contributed by atoms with Crippen LogP contribution >= 0.6 is 15.9 Å². The van der Waals surface area contributed by atoms with Crippen LogP contribution in [0.15, 0.2) is 28.7 Å². The first-order chi connectivity index (χ1) is 11.5. The lowest BCUT2D eigenvalue weighted by Crippen LogP contribution is -2.46. The molecule has 5 nitrogen and oxygen atoms in total. The first-order valence-corrected chi connectivity index (χ1v) is 9.20. The van der Waals surface area contributed by atoms with Gasteiger partial charge in [-0.25, -0.2) is 4.98 Å². The van der Waals surface area contributed by atoms with Crippen molar-refractivity contribution in [3.8, 4) is 0 Å². The zero-order chi connectivity index (χ0) is 17.1. The molecule has 0 saturated carbocycles. The standard InChI is InChI=1S/C18H24BrN5/c1-4-23-7-9-24(10-8-23)17-11-14(3)20-18(22-17)21-15-6-5-13(2)16(19)12-15/h5-6,11-12H,4,7-10H2,1-3H3,(H,20,21,22). The van der Waals surface area contributed by atoms with Crippen LogP contribution in [0.5, 0.6) is 0 Å². The summed E-state index contributed by atoms with van der Waals surface area (Å²) in [6.07, 6.45) is 0. The zero-order valence-corrected chi connectivity index (χ0v) is 16.1. The molecule has 128 valence electrons. The van der Waals surface area contributed by atoms with Crippen molar-refractivity contribution in [2.45, 2.75) is 20.8 Å². The Balaban J connectivity index is 1.77. The zero-order valence-electron chi connectivity index (χ0n) is 14.5. The maximum Gasteiger partial charge on any atom is 0.229 e. The Morgan fingerprint density at radius 1 is 1.08 bits per heavy atom. The van der Waals surface area contributed by atoms with E-state index in [4.69, 9.17) is 4.98 Å². The van der Waals surface area contributed by atoms with E-state index < -0.39 is 0 Å². The van der Waals surface area contributed by atoms with E-state index in [2.05, 4.69) is 68.1 Å². The topological polar surface area (TPSA) is 44.3 Å². The lowest BCUT2D eigenvalue weighted by molar-refractivity contribution is 0.270. The van der Waals surface area contributed by atoms with Gasteiger partial charge in [0.25, 0.3) is 0 Å². The highest BCUT2D eigenvalue weighted by molar-refractivity contribution is 9.10. The number of hydrogen-bond acceptors (Lipinski definition) is 5. The van der Waals surface area contributed by atoms with E-state index in [0.29, 0.717) is 5.95 Å². The van der Waals surface area contributed by atoms with Gasteiger partial charge in [-0.3, -0.25) is 0 Å². The van der Waals surface area contributed by atoms with Crippen LogP contribution in [0.2, 0.25) is 0 Å². The van der Waals surface area contributed by atoms with E-state index in [1.165, 1.54) is 5.56 Å². The Bertz CT molecular complexity index is 711. The van der Waals surface area contributed by atoms with Gasteiger partial charge in [0.05, 0.1) is 0 Å². The molecular weight excluding hydrogens is 366 g/mol. The fourth-order valence-electron chi connectivity index (χ4n) is 2.86. The summed E-state index contributed by atoms with van der Waals surface area (Å²) >= 11 is 3.57. The van der Waals surface area contributed by atoms with Crippen LogP contribution in [0.3, 0.4) is 0 Å². The average Bonchev–Trinajstić information content (AvgIpc) is 2.58. The molecule has 0 atom stereocenters. The molecule has 1 aromatic carbocycles. The number of aryl methyl sites for hydroxylation is 2. The van der Waals surface area contributed by atoms with E-state index in [9.17, 15) is 0 Å². The van der Waals surface area contributed by atoms with Gasteiger partial charge in [-0.05, 0) is 38.1 Å². The molecule has 6 heteroatoms. The van der Waals surface area contributed by atoms with Crippen molar-refractivity contribution in [1.82, 2.24) is 14.9 Å². The SMILES string of the molecule is CCN1CCN(c2cc(C)nc(Nc3ccc(C)c(Br)c3)n2)CC1. The maximum atomic E-state index is 4.73. The number of rotatable bonds is 4. The number of nitrogens with zero attached hydrogens (tertiary/aromatic N) is 4. The number of nitrogens with one attached hydrogen (secondary N) is 1. The van der Waals surface area contributed by atoms with E-state index in [0.717, 1.165) is 54.4 Å². The summed E-state index contributed by atoms with van der Waals surface area (Å²) in [5.41, 5.74) is 3.17. The third kappa shape index (κ3) is 4.05. The minimum atomic E-state index is 0.652.